The second-order valence-electron chi connectivity index (χ2n) is 6.82. The lowest BCUT2D eigenvalue weighted by Crippen LogP contribution is -2.31. The van der Waals surface area contributed by atoms with Crippen molar-refractivity contribution in [2.75, 3.05) is 5.32 Å². The van der Waals surface area contributed by atoms with Crippen LogP contribution >= 0.6 is 0 Å². The van der Waals surface area contributed by atoms with Crippen molar-refractivity contribution >= 4 is 23.5 Å². The zero-order valence-electron chi connectivity index (χ0n) is 14.1. The molecule has 1 saturated carbocycles. The molecule has 0 spiro atoms. The normalized spacial score (nSPS) is 20.2. The van der Waals surface area contributed by atoms with Crippen molar-refractivity contribution < 1.29 is 14.4 Å². The van der Waals surface area contributed by atoms with E-state index < -0.39 is 17.5 Å². The number of amides is 4. The first-order chi connectivity index (χ1) is 12.6. The van der Waals surface area contributed by atoms with Crippen molar-refractivity contribution in [2.24, 2.45) is 0 Å². The molecule has 2 aliphatic rings. The highest BCUT2D eigenvalue weighted by Crippen LogP contribution is 2.48. The molecule has 2 fully saturated rings. The summed E-state index contributed by atoms with van der Waals surface area (Å²) >= 11 is 0. The van der Waals surface area contributed by atoms with Gasteiger partial charge in [0.25, 0.3) is 5.91 Å². The van der Waals surface area contributed by atoms with Crippen LogP contribution in [0.2, 0.25) is 0 Å². The maximum atomic E-state index is 12.7. The summed E-state index contributed by atoms with van der Waals surface area (Å²) in [6.45, 7) is 0. The van der Waals surface area contributed by atoms with Crippen LogP contribution in [0.4, 0.5) is 10.5 Å². The van der Waals surface area contributed by atoms with Crippen molar-refractivity contribution in [1.82, 2.24) is 10.6 Å². The number of carbonyl (C=O) groups excluding carboxylic acids is 3. The third-order valence-electron chi connectivity index (χ3n) is 5.02. The molecular weight excluding hydrogens is 330 g/mol. The van der Waals surface area contributed by atoms with E-state index >= 15 is 0 Å². The van der Waals surface area contributed by atoms with Crippen LogP contribution in [0.3, 0.4) is 0 Å². The molecule has 1 aliphatic carbocycles. The van der Waals surface area contributed by atoms with Crippen LogP contribution in [0, 0.1) is 0 Å². The third kappa shape index (κ3) is 3.06. The van der Waals surface area contributed by atoms with Crippen molar-refractivity contribution in [3.05, 3.63) is 65.7 Å². The second-order valence-corrected chi connectivity index (χ2v) is 6.82. The molecule has 1 heterocycles. The van der Waals surface area contributed by atoms with Crippen LogP contribution < -0.4 is 16.0 Å². The Morgan fingerprint density at radius 1 is 1.04 bits per heavy atom. The standard InChI is InChI=1S/C20H19N3O3/c24-17-16(22-19(26)23-17)12-13-6-8-15(9-7-13)21-18(25)20(10-11-20)14-4-2-1-3-5-14/h1-9,16H,10-12H2,(H,21,25)(H2,22,23,24,26)/t16-/m0/s1. The molecule has 1 saturated heterocycles. The van der Waals surface area contributed by atoms with Crippen LogP contribution in [0.15, 0.2) is 54.6 Å². The van der Waals surface area contributed by atoms with Gasteiger partial charge in [0.05, 0.1) is 5.41 Å². The Morgan fingerprint density at radius 3 is 2.31 bits per heavy atom. The smallest absolute Gasteiger partial charge is 0.322 e. The number of rotatable bonds is 5. The fourth-order valence-electron chi connectivity index (χ4n) is 3.34. The molecule has 132 valence electrons. The van der Waals surface area contributed by atoms with Gasteiger partial charge in [0.2, 0.25) is 5.91 Å². The van der Waals surface area contributed by atoms with Gasteiger partial charge in [-0.2, -0.15) is 0 Å². The summed E-state index contributed by atoms with van der Waals surface area (Å²) in [5.41, 5.74) is 2.28. The third-order valence-corrected chi connectivity index (χ3v) is 5.02. The number of carbonyl (C=O) groups is 3. The van der Waals surface area contributed by atoms with Crippen LogP contribution in [-0.4, -0.2) is 23.9 Å². The topological polar surface area (TPSA) is 87.3 Å². The Bertz CT molecular complexity index is 858. The van der Waals surface area contributed by atoms with E-state index in [1.165, 1.54) is 0 Å². The fourth-order valence-corrected chi connectivity index (χ4v) is 3.34. The lowest BCUT2D eigenvalue weighted by atomic mass is 9.95. The van der Waals surface area contributed by atoms with Gasteiger partial charge in [-0.05, 0) is 36.1 Å². The molecule has 4 amide bonds. The summed E-state index contributed by atoms with van der Waals surface area (Å²) < 4.78 is 0. The highest BCUT2D eigenvalue weighted by Gasteiger charge is 2.51. The first-order valence-electron chi connectivity index (χ1n) is 8.64. The molecule has 2 aromatic rings. The number of urea groups is 1. The summed E-state index contributed by atoms with van der Waals surface area (Å²) in [6.07, 6.45) is 2.13. The Labute approximate surface area is 151 Å². The second kappa shape index (κ2) is 6.29. The van der Waals surface area contributed by atoms with Crippen molar-refractivity contribution in [1.29, 1.82) is 0 Å². The molecule has 0 aromatic heterocycles. The Kier molecular flexibility index (Phi) is 3.95. The van der Waals surface area contributed by atoms with Gasteiger partial charge in [-0.15, -0.1) is 0 Å². The van der Waals surface area contributed by atoms with E-state index in [1.54, 1.807) is 0 Å². The summed E-state index contributed by atoms with van der Waals surface area (Å²) in [6, 6.07) is 16.2. The van der Waals surface area contributed by atoms with Crippen LogP contribution in [-0.2, 0) is 21.4 Å². The number of benzene rings is 2. The first-order valence-corrected chi connectivity index (χ1v) is 8.64. The summed E-state index contributed by atoms with van der Waals surface area (Å²) in [5, 5.41) is 7.79. The Balaban J connectivity index is 1.41. The van der Waals surface area contributed by atoms with E-state index in [0.717, 1.165) is 29.7 Å². The monoisotopic (exact) mass is 349 g/mol. The van der Waals surface area contributed by atoms with Gasteiger partial charge in [0.15, 0.2) is 0 Å². The molecule has 1 atom stereocenters. The molecule has 3 N–H and O–H groups in total. The zero-order chi connectivity index (χ0) is 18.1. The minimum atomic E-state index is -0.546. The summed E-state index contributed by atoms with van der Waals surface area (Å²) in [7, 11) is 0. The maximum absolute atomic E-state index is 12.7. The molecule has 0 unspecified atom stereocenters. The average Bonchev–Trinajstić information content (AvgIpc) is 3.39. The quantitative estimate of drug-likeness (QED) is 0.723. The minimum absolute atomic E-state index is 0.0129. The number of hydrogen-bond donors (Lipinski definition) is 3. The first kappa shape index (κ1) is 16.3. The van der Waals surface area contributed by atoms with Gasteiger partial charge < -0.3 is 10.6 Å². The number of hydrogen-bond acceptors (Lipinski definition) is 3. The lowest BCUT2D eigenvalue weighted by molar-refractivity contribution is -0.120. The fraction of sp³-hybridized carbons (Fsp3) is 0.250. The van der Waals surface area contributed by atoms with Crippen LogP contribution in [0.25, 0.3) is 0 Å². The van der Waals surface area contributed by atoms with Crippen molar-refractivity contribution in [3.8, 4) is 0 Å². The van der Waals surface area contributed by atoms with Crippen LogP contribution in [0.5, 0.6) is 0 Å². The molecular formula is C20H19N3O3. The molecule has 4 rings (SSSR count). The van der Waals surface area contributed by atoms with Gasteiger partial charge in [-0.3, -0.25) is 14.9 Å². The maximum Gasteiger partial charge on any atom is 0.322 e. The minimum Gasteiger partial charge on any atom is -0.326 e. The largest absolute Gasteiger partial charge is 0.326 e. The highest BCUT2D eigenvalue weighted by atomic mass is 16.2. The lowest BCUT2D eigenvalue weighted by Gasteiger charge is -2.16. The molecule has 26 heavy (non-hydrogen) atoms. The summed E-state index contributed by atoms with van der Waals surface area (Å²) in [5.74, 6) is -0.301. The molecule has 1 aliphatic heterocycles. The summed E-state index contributed by atoms with van der Waals surface area (Å²) in [4.78, 5) is 35.5. The van der Waals surface area contributed by atoms with Crippen LogP contribution in [0.1, 0.15) is 24.0 Å². The van der Waals surface area contributed by atoms with E-state index in [9.17, 15) is 14.4 Å². The number of nitrogens with one attached hydrogen (secondary N) is 3. The molecule has 2 aromatic carbocycles. The highest BCUT2D eigenvalue weighted by molar-refractivity contribution is 6.04. The van der Waals surface area contributed by atoms with Gasteiger partial charge >= 0.3 is 6.03 Å². The van der Waals surface area contributed by atoms with E-state index in [4.69, 9.17) is 0 Å². The van der Waals surface area contributed by atoms with Gasteiger partial charge in [-0.1, -0.05) is 42.5 Å². The van der Waals surface area contributed by atoms with E-state index in [-0.39, 0.29) is 11.8 Å². The van der Waals surface area contributed by atoms with E-state index in [1.807, 2.05) is 54.6 Å². The zero-order valence-corrected chi connectivity index (χ0v) is 14.1. The molecule has 6 heteroatoms. The van der Waals surface area contributed by atoms with Gasteiger partial charge in [0.1, 0.15) is 6.04 Å². The Hall–Kier alpha value is -3.15. The average molecular weight is 349 g/mol. The molecule has 0 bridgehead atoms. The van der Waals surface area contributed by atoms with Gasteiger partial charge in [-0.25, -0.2) is 4.79 Å². The molecule has 6 nitrogen and oxygen atoms in total. The predicted octanol–water partition coefficient (Wildman–Crippen LogP) is 2.11. The Morgan fingerprint density at radius 2 is 1.73 bits per heavy atom. The number of anilines is 1. The SMILES string of the molecule is O=C1NC(=O)[C@H](Cc2ccc(NC(=O)C3(c4ccccc4)CC3)cc2)N1. The predicted molar refractivity (Wildman–Crippen MR) is 96.6 cm³/mol. The molecule has 0 radical (unpaired) electrons. The number of imide groups is 1. The van der Waals surface area contributed by atoms with E-state index in [0.29, 0.717) is 6.42 Å². The van der Waals surface area contributed by atoms with E-state index in [2.05, 4.69) is 16.0 Å². The van der Waals surface area contributed by atoms with Gasteiger partial charge in [0, 0.05) is 12.1 Å². The van der Waals surface area contributed by atoms with Crippen molar-refractivity contribution in [3.63, 3.8) is 0 Å². The van der Waals surface area contributed by atoms with Crippen molar-refractivity contribution in [2.45, 2.75) is 30.7 Å².